The highest BCUT2D eigenvalue weighted by atomic mass is 35.7. The molecule has 1 aliphatic rings. The van der Waals surface area contributed by atoms with Crippen LogP contribution in [0.15, 0.2) is 0 Å². The molecule has 15 heavy (non-hydrogen) atoms. The van der Waals surface area contributed by atoms with Crippen LogP contribution in [0.4, 0.5) is 0 Å². The maximum Gasteiger partial charge on any atom is 0.124 e. The topological polar surface area (TPSA) is 42.2 Å². The minimum absolute atomic E-state index is 0.144. The molecule has 5 heteroatoms. The second-order valence-electron chi connectivity index (χ2n) is 3.49. The molecule has 0 radical (unpaired) electrons. The average molecular weight is 252 g/mol. The molecule has 1 unspecified atom stereocenters. The molecular weight excluding hydrogens is 233 g/mol. The van der Waals surface area contributed by atoms with Crippen LogP contribution in [0.3, 0.4) is 0 Å². The Morgan fingerprint density at radius 3 is 3.27 bits per heavy atom. The predicted octanol–water partition coefficient (Wildman–Crippen LogP) is 3.28. The lowest BCUT2D eigenvalue weighted by Gasteiger charge is -2.19. The van der Waals surface area contributed by atoms with Crippen molar-refractivity contribution in [3.05, 3.63) is 0 Å². The molecule has 0 spiro atoms. The monoisotopic (exact) mass is 251 g/mol. The smallest absolute Gasteiger partial charge is 0.124 e. The number of ether oxygens (including phenoxy) is 1. The zero-order valence-corrected chi connectivity index (χ0v) is 10.5. The van der Waals surface area contributed by atoms with Crippen molar-refractivity contribution < 1.29 is 10.6 Å². The molecule has 0 aliphatic carbocycles. The molecule has 1 rings (SSSR count). The number of rotatable bonds is 6. The van der Waals surface area contributed by atoms with Crippen LogP contribution in [0, 0.1) is 17.2 Å². The van der Waals surface area contributed by atoms with Crippen LogP contribution in [0.1, 0.15) is 27.6 Å². The first kappa shape index (κ1) is 11.6. The van der Waals surface area contributed by atoms with E-state index >= 15 is 0 Å². The van der Waals surface area contributed by atoms with Gasteiger partial charge in [-0.25, -0.2) is 0 Å². The van der Waals surface area contributed by atoms with Gasteiger partial charge in [0.1, 0.15) is 7.50 Å². The van der Waals surface area contributed by atoms with Crippen molar-refractivity contribution in [1.29, 1.82) is 5.26 Å². The van der Waals surface area contributed by atoms with E-state index in [4.69, 9.17) is 27.1 Å². The van der Waals surface area contributed by atoms with Crippen LogP contribution in [-0.4, -0.2) is 25.5 Å². The van der Waals surface area contributed by atoms with Crippen molar-refractivity contribution >= 4 is 18.7 Å². The number of hydrogen-bond donors (Lipinski definition) is 0. The van der Waals surface area contributed by atoms with Gasteiger partial charge < -0.3 is 9.26 Å². The van der Waals surface area contributed by atoms with Crippen molar-refractivity contribution in [2.75, 3.05) is 19.4 Å². The van der Waals surface area contributed by atoms with Crippen LogP contribution < -0.4 is 0 Å². The highest BCUT2D eigenvalue weighted by Crippen LogP contribution is 2.46. The summed E-state index contributed by atoms with van der Waals surface area (Å²) >= 11 is 6.08. The van der Waals surface area contributed by atoms with E-state index in [1.165, 1.54) is 0 Å². The Morgan fingerprint density at radius 1 is 1.80 bits per heavy atom. The lowest BCUT2D eigenvalue weighted by molar-refractivity contribution is 0.0915. The van der Waals surface area contributed by atoms with Gasteiger partial charge in [-0.05, 0) is 18.8 Å². The Balaban J connectivity index is 2.27. The molecule has 0 aromatic carbocycles. The highest BCUT2D eigenvalue weighted by Gasteiger charge is 2.29. The van der Waals surface area contributed by atoms with Crippen molar-refractivity contribution in [2.45, 2.75) is 32.3 Å². The number of halogens is 1. The fraction of sp³-hybridized carbons (Fsp3) is 0.900. The Morgan fingerprint density at radius 2 is 2.60 bits per heavy atom. The van der Waals surface area contributed by atoms with E-state index in [2.05, 4.69) is 6.92 Å². The van der Waals surface area contributed by atoms with Crippen LogP contribution in [0.2, 0.25) is 0 Å². The quantitative estimate of drug-likeness (QED) is 0.537. The molecule has 0 aromatic heterocycles. The molecule has 0 amide bonds. The molecule has 86 valence electrons. The summed E-state index contributed by atoms with van der Waals surface area (Å²) in [5.74, 6) is 0.332. The number of hydrogen-bond acceptors (Lipinski definition) is 3. The fourth-order valence-corrected chi connectivity index (χ4v) is 3.50. The summed E-state index contributed by atoms with van der Waals surface area (Å²) in [6.45, 7) is 2.05. The first-order chi connectivity index (χ1) is 7.67. The van der Waals surface area contributed by atoms with Gasteiger partial charge in [0.25, 0.3) is 0 Å². The summed E-state index contributed by atoms with van der Waals surface area (Å²) in [7, 11) is -0.997. The molecule has 0 aromatic rings. The summed E-state index contributed by atoms with van der Waals surface area (Å²) in [4.78, 5) is 0. The summed E-state index contributed by atoms with van der Waals surface area (Å²) in [5.41, 5.74) is 0. The number of nitrogens with zero attached hydrogens (tertiary/aromatic N) is 1. The molecular formula is C10H17ClNO2P. The van der Waals surface area contributed by atoms with Gasteiger partial charge in [0.2, 0.25) is 0 Å². The predicted molar refractivity (Wildman–Crippen MR) is 62.0 cm³/mol. The van der Waals surface area contributed by atoms with Gasteiger partial charge in [0, 0.05) is 12.7 Å². The molecule has 1 fully saturated rings. The van der Waals surface area contributed by atoms with Crippen molar-refractivity contribution in [3.63, 3.8) is 0 Å². The lowest BCUT2D eigenvalue weighted by atomic mass is 10.0. The van der Waals surface area contributed by atoms with E-state index in [1.54, 1.807) is 0 Å². The third-order valence-corrected chi connectivity index (χ3v) is 4.35. The van der Waals surface area contributed by atoms with Gasteiger partial charge in [0.15, 0.2) is 0 Å². The standard InChI is InChI=1S/C10H17ClNO2P/c1-2-10-9(4-7-13-10)8-15(11)14-6-3-5-12/h9-10H,2-4,6-8H2,1H3/t9-,10-,15?/m1/s1/i7T/t7-,9+,10+,15?/m0. The minimum Gasteiger partial charge on any atom is -0.378 e. The van der Waals surface area contributed by atoms with Gasteiger partial charge in [0.05, 0.1) is 26.6 Å². The van der Waals surface area contributed by atoms with Crippen molar-refractivity contribution in [1.82, 2.24) is 0 Å². The lowest BCUT2D eigenvalue weighted by Crippen LogP contribution is -2.17. The number of nitriles is 1. The van der Waals surface area contributed by atoms with Gasteiger partial charge in [-0.15, -0.1) is 0 Å². The molecule has 0 bridgehead atoms. The van der Waals surface area contributed by atoms with Crippen LogP contribution >= 0.6 is 18.7 Å². The van der Waals surface area contributed by atoms with Gasteiger partial charge in [-0.3, -0.25) is 0 Å². The second-order valence-corrected chi connectivity index (χ2v) is 5.88. The van der Waals surface area contributed by atoms with E-state index in [0.29, 0.717) is 18.9 Å². The molecule has 0 N–H and O–H groups in total. The third-order valence-electron chi connectivity index (χ3n) is 2.42. The molecule has 1 heterocycles. The van der Waals surface area contributed by atoms with Crippen molar-refractivity contribution in [3.8, 4) is 6.07 Å². The first-order valence-corrected chi connectivity index (χ1v) is 7.53. The summed E-state index contributed by atoms with van der Waals surface area (Å²) < 4.78 is 18.4. The van der Waals surface area contributed by atoms with E-state index in [0.717, 1.165) is 19.0 Å². The normalized spacial score (nSPS) is 33.4. The largest absolute Gasteiger partial charge is 0.378 e. The molecule has 4 atom stereocenters. The Bertz CT molecular complexity index is 251. The molecule has 1 aliphatic heterocycles. The third kappa shape index (κ3) is 4.66. The molecule has 0 saturated carbocycles. The maximum atomic E-state index is 8.37. The van der Waals surface area contributed by atoms with E-state index in [1.807, 2.05) is 6.07 Å². The SMILES string of the molecule is [3H][C@H]1C[C@H](CP(Cl)OCCC#N)[C@@H](CC)O1. The van der Waals surface area contributed by atoms with Crippen molar-refractivity contribution in [2.24, 2.45) is 5.92 Å². The fourth-order valence-electron chi connectivity index (χ4n) is 1.61. The Kier molecular flexibility index (Phi) is 5.74. The summed E-state index contributed by atoms with van der Waals surface area (Å²) in [5, 5.41) is 8.37. The minimum atomic E-state index is -0.997. The Hall–Kier alpha value is 0.130. The van der Waals surface area contributed by atoms with Crippen LogP contribution in [0.25, 0.3) is 0 Å². The zero-order chi connectivity index (χ0) is 12.0. The summed E-state index contributed by atoms with van der Waals surface area (Å²) in [6, 6.07) is 2.02. The van der Waals surface area contributed by atoms with Crippen LogP contribution in [0.5, 0.6) is 0 Å². The average Bonchev–Trinajstić information content (AvgIpc) is 2.59. The zero-order valence-electron chi connectivity index (χ0n) is 9.86. The van der Waals surface area contributed by atoms with Gasteiger partial charge in [-0.2, -0.15) is 5.26 Å². The van der Waals surface area contributed by atoms with E-state index in [-0.39, 0.29) is 6.10 Å². The molecule has 3 nitrogen and oxygen atoms in total. The summed E-state index contributed by atoms with van der Waals surface area (Å²) in [6.07, 6.45) is 2.94. The second kappa shape index (κ2) is 7.41. The highest BCUT2D eigenvalue weighted by molar-refractivity contribution is 7.80. The van der Waals surface area contributed by atoms with Crippen LogP contribution in [-0.2, 0) is 9.26 Å². The van der Waals surface area contributed by atoms with Gasteiger partial charge in [-0.1, -0.05) is 18.2 Å². The van der Waals surface area contributed by atoms with E-state index in [9.17, 15) is 0 Å². The van der Waals surface area contributed by atoms with E-state index < -0.39 is 14.1 Å². The van der Waals surface area contributed by atoms with Gasteiger partial charge >= 0.3 is 0 Å². The molecule has 1 saturated heterocycles. The maximum absolute atomic E-state index is 8.37. The first-order valence-electron chi connectivity index (χ1n) is 5.76. The Labute approximate surface area is 98.7 Å².